The van der Waals surface area contributed by atoms with Crippen LogP contribution in [0.4, 0.5) is 8.78 Å². The molecule has 2 fully saturated rings. The molecule has 0 spiro atoms. The van der Waals surface area contributed by atoms with Crippen LogP contribution in [0.1, 0.15) is 58.1 Å². The molecule has 1 unspecified atom stereocenters. The molecule has 2 aromatic carbocycles. The third-order valence-electron chi connectivity index (χ3n) is 7.75. The second-order valence-electron chi connectivity index (χ2n) is 11.6. The Morgan fingerprint density at radius 1 is 1.10 bits per heavy atom. The normalized spacial score (nSPS) is 19.2. The van der Waals surface area contributed by atoms with Gasteiger partial charge in [0.25, 0.3) is 0 Å². The minimum absolute atomic E-state index is 0.146. The van der Waals surface area contributed by atoms with Crippen molar-refractivity contribution < 1.29 is 13.0 Å². The number of likely N-dealkylation sites (N-methyl/N-ethyl adjacent to an activating group) is 1. The number of nitrogens with zero attached hydrogens (tertiary/aromatic N) is 1. The van der Waals surface area contributed by atoms with Crippen molar-refractivity contribution in [1.82, 2.24) is 9.62 Å². The van der Waals surface area contributed by atoms with Gasteiger partial charge in [0.1, 0.15) is 0 Å². The summed E-state index contributed by atoms with van der Waals surface area (Å²) in [6.45, 7) is 13.3. The van der Waals surface area contributed by atoms with E-state index in [1.165, 1.54) is 12.4 Å². The summed E-state index contributed by atoms with van der Waals surface area (Å²) in [6, 6.07) is 16.4. The fourth-order valence-electron chi connectivity index (χ4n) is 5.28. The van der Waals surface area contributed by atoms with E-state index in [1.54, 1.807) is 0 Å². The summed E-state index contributed by atoms with van der Waals surface area (Å²) in [6.07, 6.45) is 6.45. The number of alkyl halides is 4. The zero-order valence-corrected chi connectivity index (χ0v) is 27.9. The minimum atomic E-state index is -2.65. The number of halogens is 3. The second-order valence-corrected chi connectivity index (χ2v) is 19.8. The number of hydrogen-bond donors (Lipinski definition) is 1. The maximum atomic E-state index is 14.1. The van der Waals surface area contributed by atoms with Crippen molar-refractivity contribution in [1.29, 1.82) is 0 Å². The van der Waals surface area contributed by atoms with Crippen LogP contribution in [0.15, 0.2) is 83.3 Å². The van der Waals surface area contributed by atoms with Crippen molar-refractivity contribution in [2.45, 2.75) is 69.7 Å². The van der Waals surface area contributed by atoms with E-state index >= 15 is 0 Å². The molecule has 2 aliphatic rings. The molecule has 224 valence electrons. The van der Waals surface area contributed by atoms with E-state index in [2.05, 4.69) is 72.3 Å². The summed E-state index contributed by atoms with van der Waals surface area (Å²) in [5.41, 5.74) is 5.00. The van der Waals surface area contributed by atoms with Crippen LogP contribution < -0.4 is 5.32 Å². The summed E-state index contributed by atoms with van der Waals surface area (Å²) >= 11 is -0.834. The monoisotopic (exact) mass is 694 g/mol. The molecular weight excluding hydrogens is 649 g/mol. The Hall–Kier alpha value is -1.81. The van der Waals surface area contributed by atoms with Crippen molar-refractivity contribution >= 4 is 41.0 Å². The first kappa shape index (κ1) is 32.1. The molecule has 1 aliphatic heterocycles. The van der Waals surface area contributed by atoms with E-state index in [-0.39, 0.29) is 12.0 Å². The molecule has 0 radical (unpaired) electrons. The SMILES string of the molecule is C=C(C)/C=C(\C=C(/C)c1ccc(CCC(C)(F)F)cc1)CNCC1(N(CC)S(=C)(=O)c2ccc(I3CC3)cc2)CC1. The average molecular weight is 695 g/mol. The number of hydrogen-bond acceptors (Lipinski definition) is 2. The van der Waals surface area contributed by atoms with E-state index in [4.69, 9.17) is 0 Å². The summed E-state index contributed by atoms with van der Waals surface area (Å²) in [7, 11) is -2.58. The molecule has 0 aromatic heterocycles. The van der Waals surface area contributed by atoms with Crippen LogP contribution in [-0.2, 0) is 16.1 Å². The molecule has 2 aromatic rings. The van der Waals surface area contributed by atoms with Gasteiger partial charge < -0.3 is 0 Å². The van der Waals surface area contributed by atoms with Gasteiger partial charge in [-0.15, -0.1) is 0 Å². The van der Waals surface area contributed by atoms with Crippen molar-refractivity contribution in [3.8, 4) is 0 Å². The topological polar surface area (TPSA) is 32.3 Å². The standard InChI is InChI=1S/C34H45F2IN2OS/c1-7-39(41(6,40)32-14-12-31(13-15-32)37-20-21-37)34(18-19-34)25-38-24-29(22-26(2)3)23-27(4)30-10-8-28(9-11-30)16-17-33(5,35)36/h8-15,22-23,38H,2,6-7,16-21,24-25H2,1,3-5H3/b27-23+,29-22+. The molecule has 1 heterocycles. The van der Waals surface area contributed by atoms with Gasteiger partial charge in [-0.05, 0) is 43.9 Å². The number of aryl methyl sites for hydroxylation is 1. The summed E-state index contributed by atoms with van der Waals surface area (Å²) in [4.78, 5) is 0.836. The molecule has 1 atom stereocenters. The van der Waals surface area contributed by atoms with Gasteiger partial charge in [0, 0.05) is 6.42 Å². The van der Waals surface area contributed by atoms with Gasteiger partial charge >= 0.3 is 153 Å². The third kappa shape index (κ3) is 8.85. The number of benzene rings is 2. The van der Waals surface area contributed by atoms with Crippen LogP contribution in [0.5, 0.6) is 0 Å². The molecule has 1 N–H and O–H groups in total. The van der Waals surface area contributed by atoms with E-state index in [1.807, 2.05) is 31.2 Å². The average Bonchev–Trinajstić information content (AvgIpc) is 3.84. The number of allylic oxidation sites excluding steroid dienone is 3. The first-order valence-corrected chi connectivity index (χ1v) is 20.2. The van der Waals surface area contributed by atoms with Gasteiger partial charge in [-0.1, -0.05) is 36.4 Å². The number of rotatable bonds is 15. The van der Waals surface area contributed by atoms with Crippen LogP contribution in [-0.4, -0.2) is 54.3 Å². The second kappa shape index (κ2) is 13.2. The van der Waals surface area contributed by atoms with Crippen LogP contribution in [0.3, 0.4) is 0 Å². The van der Waals surface area contributed by atoms with Crippen LogP contribution >= 0.6 is 19.8 Å². The van der Waals surface area contributed by atoms with Crippen molar-refractivity contribution in [3.63, 3.8) is 0 Å². The molecule has 4 rings (SSSR count). The van der Waals surface area contributed by atoms with Crippen LogP contribution in [0, 0.1) is 3.57 Å². The van der Waals surface area contributed by atoms with Crippen molar-refractivity contribution in [2.75, 3.05) is 28.5 Å². The molecule has 1 saturated heterocycles. The zero-order chi connectivity index (χ0) is 29.8. The Balaban J connectivity index is 1.41. The third-order valence-corrected chi connectivity index (χ3v) is 14.8. The van der Waals surface area contributed by atoms with E-state index in [9.17, 15) is 13.0 Å². The fourth-order valence-corrected chi connectivity index (χ4v) is 11.6. The van der Waals surface area contributed by atoms with Gasteiger partial charge in [-0.2, -0.15) is 0 Å². The fraction of sp³-hybridized carbons (Fsp3) is 0.441. The van der Waals surface area contributed by atoms with Crippen molar-refractivity contribution in [3.05, 3.63) is 93.1 Å². The molecule has 1 saturated carbocycles. The first-order chi connectivity index (χ1) is 19.3. The summed E-state index contributed by atoms with van der Waals surface area (Å²) in [5.74, 6) is 1.61. The molecule has 0 bridgehead atoms. The summed E-state index contributed by atoms with van der Waals surface area (Å²) in [5, 5.41) is 3.65. The van der Waals surface area contributed by atoms with E-state index < -0.39 is 35.4 Å². The van der Waals surface area contributed by atoms with Gasteiger partial charge in [0.15, 0.2) is 0 Å². The van der Waals surface area contributed by atoms with Crippen molar-refractivity contribution in [2.24, 2.45) is 0 Å². The summed E-state index contributed by atoms with van der Waals surface area (Å²) < 4.78 is 47.0. The van der Waals surface area contributed by atoms with Gasteiger partial charge in [0.05, 0.1) is 0 Å². The van der Waals surface area contributed by atoms with Gasteiger partial charge in [0.2, 0.25) is 5.92 Å². The molecular formula is C34H45F2IN2OS. The van der Waals surface area contributed by atoms with Gasteiger partial charge in [-0.25, -0.2) is 8.78 Å². The van der Waals surface area contributed by atoms with Gasteiger partial charge in [-0.3, -0.25) is 0 Å². The molecule has 7 heteroatoms. The maximum absolute atomic E-state index is 14.1. The molecule has 3 nitrogen and oxygen atoms in total. The van der Waals surface area contributed by atoms with E-state index in [0.717, 1.165) is 59.1 Å². The predicted molar refractivity (Wildman–Crippen MR) is 182 cm³/mol. The Labute approximate surface area is 253 Å². The Morgan fingerprint density at radius 2 is 1.73 bits per heavy atom. The van der Waals surface area contributed by atoms with Crippen LogP contribution in [0.25, 0.3) is 5.57 Å². The van der Waals surface area contributed by atoms with Crippen LogP contribution in [0.2, 0.25) is 0 Å². The van der Waals surface area contributed by atoms with E-state index in [0.29, 0.717) is 19.5 Å². The first-order valence-electron chi connectivity index (χ1n) is 14.4. The Bertz CT molecular complexity index is 1380. The Kier molecular flexibility index (Phi) is 10.4. The number of nitrogens with one attached hydrogen (secondary N) is 1. The molecule has 0 amide bonds. The predicted octanol–water partition coefficient (Wildman–Crippen LogP) is 8.00. The quantitative estimate of drug-likeness (QED) is 0.0888. The zero-order valence-electron chi connectivity index (χ0n) is 24.9. The molecule has 41 heavy (non-hydrogen) atoms. The molecule has 1 aliphatic carbocycles. The Morgan fingerprint density at radius 3 is 2.24 bits per heavy atom.